The van der Waals surface area contributed by atoms with E-state index in [-0.39, 0.29) is 36.4 Å². The van der Waals surface area contributed by atoms with Crippen LogP contribution in [0.3, 0.4) is 0 Å². The molecule has 0 saturated heterocycles. The van der Waals surface area contributed by atoms with Gasteiger partial charge in [0.2, 0.25) is 5.91 Å². The van der Waals surface area contributed by atoms with Crippen LogP contribution in [0.25, 0.3) is 0 Å². The number of nitrogens with one attached hydrogen (secondary N) is 2. The number of aliphatic imine (C=N–C) groups is 1. The number of rotatable bonds is 8. The zero-order valence-corrected chi connectivity index (χ0v) is 19.1. The molecule has 0 bridgehead atoms. The number of likely N-dealkylation sites (N-methyl/N-ethyl adjacent to an activating group) is 1. The van der Waals surface area contributed by atoms with Crippen molar-refractivity contribution in [1.82, 2.24) is 15.5 Å². The second-order valence-corrected chi connectivity index (χ2v) is 7.12. The lowest BCUT2D eigenvalue weighted by Crippen LogP contribution is -2.43. The van der Waals surface area contributed by atoms with Crippen molar-refractivity contribution >= 4 is 41.5 Å². The predicted molar refractivity (Wildman–Crippen MR) is 124 cm³/mol. The molecule has 152 valence electrons. The van der Waals surface area contributed by atoms with Gasteiger partial charge in [0.25, 0.3) is 0 Å². The number of hydrogen-bond acceptors (Lipinski definition) is 3. The maximum atomic E-state index is 11.8. The van der Waals surface area contributed by atoms with Crippen LogP contribution in [0, 0.1) is 0 Å². The third kappa shape index (κ3) is 8.81. The van der Waals surface area contributed by atoms with E-state index >= 15 is 0 Å². The molecule has 0 heterocycles. The van der Waals surface area contributed by atoms with E-state index in [2.05, 4.69) is 51.8 Å². The molecule has 1 aromatic rings. The quantitative estimate of drug-likeness (QED) is 0.256. The number of nitrogens with zero attached hydrogens (tertiary/aromatic N) is 3. The van der Waals surface area contributed by atoms with Gasteiger partial charge >= 0.3 is 0 Å². The number of carbonyl (C=O) groups excluding carboxylic acids is 1. The highest BCUT2D eigenvalue weighted by molar-refractivity contribution is 14.0. The third-order valence-corrected chi connectivity index (χ3v) is 4.73. The molecule has 0 aliphatic heterocycles. The van der Waals surface area contributed by atoms with Crippen molar-refractivity contribution in [2.24, 2.45) is 4.99 Å². The summed E-state index contributed by atoms with van der Waals surface area (Å²) in [5.41, 5.74) is 1.22. The first-order valence-electron chi connectivity index (χ1n) is 9.57. The van der Waals surface area contributed by atoms with Crippen LogP contribution in [0.15, 0.2) is 35.3 Å². The summed E-state index contributed by atoms with van der Waals surface area (Å²) < 4.78 is 0. The van der Waals surface area contributed by atoms with Gasteiger partial charge < -0.3 is 20.4 Å². The Morgan fingerprint density at radius 3 is 2.44 bits per heavy atom. The standard InChI is InChI=1S/C20H33N5O.HI/c1-24(2)19(26)16-22-20(23-17-10-7-8-11-17)21-14-9-15-25(3)18-12-5-4-6-13-18;/h4-6,12-13,17H,7-11,14-16H2,1-3H3,(H2,21,22,23);1H. The Labute approximate surface area is 180 Å². The molecule has 0 radical (unpaired) electrons. The van der Waals surface area contributed by atoms with Crippen molar-refractivity contribution in [1.29, 1.82) is 0 Å². The number of benzene rings is 1. The van der Waals surface area contributed by atoms with Gasteiger partial charge in [0, 0.05) is 46.0 Å². The van der Waals surface area contributed by atoms with Crippen molar-refractivity contribution in [2.45, 2.75) is 38.1 Å². The van der Waals surface area contributed by atoms with E-state index in [9.17, 15) is 4.79 Å². The van der Waals surface area contributed by atoms with Gasteiger partial charge in [-0.3, -0.25) is 4.79 Å². The van der Waals surface area contributed by atoms with Crippen molar-refractivity contribution in [3.05, 3.63) is 30.3 Å². The highest BCUT2D eigenvalue weighted by Crippen LogP contribution is 2.17. The first-order valence-corrected chi connectivity index (χ1v) is 9.57. The molecule has 1 amide bonds. The van der Waals surface area contributed by atoms with Gasteiger partial charge in [-0.2, -0.15) is 0 Å². The van der Waals surface area contributed by atoms with E-state index in [0.29, 0.717) is 6.04 Å². The molecule has 1 saturated carbocycles. The first kappa shape index (κ1) is 23.5. The fraction of sp³-hybridized carbons (Fsp3) is 0.600. The Morgan fingerprint density at radius 1 is 1.15 bits per heavy atom. The average Bonchev–Trinajstić information content (AvgIpc) is 3.16. The molecular formula is C20H34IN5O. The summed E-state index contributed by atoms with van der Waals surface area (Å²) in [5.74, 6) is 0.774. The summed E-state index contributed by atoms with van der Waals surface area (Å²) >= 11 is 0. The Bertz CT molecular complexity index is 573. The van der Waals surface area contributed by atoms with Gasteiger partial charge in [-0.25, -0.2) is 4.99 Å². The molecule has 1 aliphatic carbocycles. The number of halogens is 1. The van der Waals surface area contributed by atoms with Gasteiger partial charge in [0.15, 0.2) is 5.96 Å². The molecule has 2 rings (SSSR count). The van der Waals surface area contributed by atoms with Gasteiger partial charge in [-0.15, -0.1) is 24.0 Å². The molecule has 6 nitrogen and oxygen atoms in total. The van der Waals surface area contributed by atoms with Crippen LogP contribution in [0.4, 0.5) is 5.69 Å². The van der Waals surface area contributed by atoms with Crippen LogP contribution in [0.2, 0.25) is 0 Å². The van der Waals surface area contributed by atoms with E-state index in [0.717, 1.165) is 25.5 Å². The summed E-state index contributed by atoms with van der Waals surface area (Å²) in [6, 6.07) is 10.9. The van der Waals surface area contributed by atoms with Gasteiger partial charge in [0.05, 0.1) is 0 Å². The molecule has 1 fully saturated rings. The molecule has 27 heavy (non-hydrogen) atoms. The fourth-order valence-electron chi connectivity index (χ4n) is 3.04. The minimum atomic E-state index is 0. The van der Waals surface area contributed by atoms with Gasteiger partial charge in [0.1, 0.15) is 6.54 Å². The Morgan fingerprint density at radius 2 is 1.81 bits per heavy atom. The van der Waals surface area contributed by atoms with E-state index in [4.69, 9.17) is 0 Å². The van der Waals surface area contributed by atoms with Crippen LogP contribution in [-0.2, 0) is 4.79 Å². The number of anilines is 1. The minimum absolute atomic E-state index is 0. The molecule has 1 aromatic carbocycles. The molecular weight excluding hydrogens is 453 g/mol. The lowest BCUT2D eigenvalue weighted by molar-refractivity contribution is -0.127. The molecule has 0 spiro atoms. The number of carbonyl (C=O) groups is 1. The SMILES string of the molecule is CN(C)C(=O)CN=C(NCCCN(C)c1ccccc1)NC1CCCC1.I. The third-order valence-electron chi connectivity index (χ3n) is 4.73. The summed E-state index contributed by atoms with van der Waals surface area (Å²) in [6.45, 7) is 1.97. The van der Waals surface area contributed by atoms with Crippen LogP contribution in [0.1, 0.15) is 32.1 Å². The smallest absolute Gasteiger partial charge is 0.243 e. The van der Waals surface area contributed by atoms with Gasteiger partial charge in [-0.1, -0.05) is 31.0 Å². The van der Waals surface area contributed by atoms with Crippen molar-refractivity contribution < 1.29 is 4.79 Å². The lowest BCUT2D eigenvalue weighted by Gasteiger charge is -2.21. The van der Waals surface area contributed by atoms with Crippen LogP contribution < -0.4 is 15.5 Å². The molecule has 0 unspecified atom stereocenters. The fourth-order valence-corrected chi connectivity index (χ4v) is 3.04. The van der Waals surface area contributed by atoms with E-state index < -0.39 is 0 Å². The molecule has 2 N–H and O–H groups in total. The van der Waals surface area contributed by atoms with E-state index in [1.54, 1.807) is 19.0 Å². The largest absolute Gasteiger partial charge is 0.375 e. The van der Waals surface area contributed by atoms with Crippen LogP contribution in [-0.4, -0.2) is 63.6 Å². The minimum Gasteiger partial charge on any atom is -0.375 e. The number of hydrogen-bond donors (Lipinski definition) is 2. The summed E-state index contributed by atoms with van der Waals surface area (Å²) in [4.78, 5) is 20.1. The van der Waals surface area contributed by atoms with Crippen molar-refractivity contribution in [3.8, 4) is 0 Å². The normalized spacial score (nSPS) is 14.4. The Hall–Kier alpha value is -1.51. The second-order valence-electron chi connectivity index (χ2n) is 7.12. The highest BCUT2D eigenvalue weighted by Gasteiger charge is 2.16. The monoisotopic (exact) mass is 487 g/mol. The van der Waals surface area contributed by atoms with Crippen LogP contribution >= 0.6 is 24.0 Å². The topological polar surface area (TPSA) is 60.0 Å². The number of guanidine groups is 1. The maximum Gasteiger partial charge on any atom is 0.243 e. The average molecular weight is 487 g/mol. The highest BCUT2D eigenvalue weighted by atomic mass is 127. The van der Waals surface area contributed by atoms with Crippen LogP contribution in [0.5, 0.6) is 0 Å². The summed E-state index contributed by atoms with van der Waals surface area (Å²) in [6.07, 6.45) is 5.89. The zero-order valence-electron chi connectivity index (χ0n) is 16.8. The van der Waals surface area contributed by atoms with E-state index in [1.807, 2.05) is 6.07 Å². The molecule has 0 aromatic heterocycles. The van der Waals surface area contributed by atoms with Gasteiger partial charge in [-0.05, 0) is 31.4 Å². The van der Waals surface area contributed by atoms with Crippen molar-refractivity contribution in [3.63, 3.8) is 0 Å². The first-order chi connectivity index (χ1) is 12.6. The van der Waals surface area contributed by atoms with E-state index in [1.165, 1.54) is 31.4 Å². The molecule has 1 aliphatic rings. The molecule has 0 atom stereocenters. The molecule has 7 heteroatoms. The Kier molecular flexibility index (Phi) is 11.2. The maximum absolute atomic E-state index is 11.8. The number of para-hydroxylation sites is 1. The zero-order chi connectivity index (χ0) is 18.8. The second kappa shape index (κ2) is 12.8. The summed E-state index contributed by atoms with van der Waals surface area (Å²) in [5, 5.41) is 6.87. The van der Waals surface area contributed by atoms with Crippen molar-refractivity contribution in [2.75, 3.05) is 45.7 Å². The Balaban J connectivity index is 0.00000364. The predicted octanol–water partition coefficient (Wildman–Crippen LogP) is 2.70. The number of amides is 1. The summed E-state index contributed by atoms with van der Waals surface area (Å²) in [7, 11) is 5.63. The lowest BCUT2D eigenvalue weighted by atomic mass is 10.2.